The molecule has 1 N–H and O–H groups in total. The smallest absolute Gasteiger partial charge is 0.308 e. The summed E-state index contributed by atoms with van der Waals surface area (Å²) in [5.41, 5.74) is 0.454. The van der Waals surface area contributed by atoms with Crippen molar-refractivity contribution in [3.05, 3.63) is 58.9 Å². The maximum absolute atomic E-state index is 14.9. The number of carbonyl (C=O) groups excluding carboxylic acids is 1. The van der Waals surface area contributed by atoms with Crippen LogP contribution in [0.5, 0.6) is 5.88 Å². The minimum absolute atomic E-state index is 0.0846. The first-order valence-electron chi connectivity index (χ1n) is 10.3. The van der Waals surface area contributed by atoms with Gasteiger partial charge in [-0.05, 0) is 44.1 Å². The number of hydrogen-bond acceptors (Lipinski definition) is 8. The number of aromatic hydroxyl groups is 1. The zero-order valence-electron chi connectivity index (χ0n) is 17.3. The van der Waals surface area contributed by atoms with E-state index in [9.17, 15) is 14.3 Å². The second kappa shape index (κ2) is 8.36. The largest absolute Gasteiger partial charge is 0.492 e. The number of benzene rings is 1. The molecule has 3 aromatic heterocycles. The van der Waals surface area contributed by atoms with E-state index in [0.29, 0.717) is 52.9 Å². The molecule has 0 aliphatic carbocycles. The van der Waals surface area contributed by atoms with Gasteiger partial charge in [-0.15, -0.1) is 5.10 Å². The van der Waals surface area contributed by atoms with E-state index in [4.69, 9.17) is 9.15 Å². The van der Waals surface area contributed by atoms with E-state index in [1.165, 1.54) is 35.3 Å². The Morgan fingerprint density at radius 3 is 2.72 bits per heavy atom. The van der Waals surface area contributed by atoms with Crippen molar-refractivity contribution >= 4 is 22.3 Å². The fourth-order valence-electron chi connectivity index (χ4n) is 4.20. The molecule has 4 heterocycles. The number of nitrogens with zero attached hydrogens (tertiary/aromatic N) is 4. The summed E-state index contributed by atoms with van der Waals surface area (Å²) >= 11 is 1.26. The lowest BCUT2D eigenvalue weighted by Crippen LogP contribution is -2.39. The van der Waals surface area contributed by atoms with Crippen LogP contribution in [-0.4, -0.2) is 50.8 Å². The number of aromatic nitrogens is 3. The average molecular weight is 456 g/mol. The topological polar surface area (TPSA) is 93.1 Å². The number of esters is 1. The van der Waals surface area contributed by atoms with Crippen LogP contribution < -0.4 is 0 Å². The summed E-state index contributed by atoms with van der Waals surface area (Å²) in [4.78, 5) is 19.5. The van der Waals surface area contributed by atoms with Crippen molar-refractivity contribution in [2.75, 3.05) is 20.2 Å². The van der Waals surface area contributed by atoms with E-state index < -0.39 is 6.04 Å². The number of fused-ring (bicyclic) bond motifs is 1. The molecule has 1 saturated heterocycles. The molecule has 1 fully saturated rings. The molecule has 0 amide bonds. The Morgan fingerprint density at radius 2 is 2.06 bits per heavy atom. The van der Waals surface area contributed by atoms with Gasteiger partial charge in [0.15, 0.2) is 5.76 Å². The van der Waals surface area contributed by atoms with Crippen LogP contribution in [0, 0.1) is 11.7 Å². The molecule has 32 heavy (non-hydrogen) atoms. The molecular formula is C22H21FN4O4S. The number of rotatable bonds is 5. The highest BCUT2D eigenvalue weighted by atomic mass is 32.1. The Labute approximate surface area is 186 Å². The van der Waals surface area contributed by atoms with Crippen molar-refractivity contribution < 1.29 is 23.4 Å². The molecule has 4 aromatic rings. The fraction of sp³-hybridized carbons (Fsp3) is 0.318. The average Bonchev–Trinajstić information content (AvgIpc) is 3.54. The first-order valence-corrected chi connectivity index (χ1v) is 11.1. The van der Waals surface area contributed by atoms with Gasteiger partial charge < -0.3 is 14.3 Å². The fourth-order valence-corrected chi connectivity index (χ4v) is 5.31. The van der Waals surface area contributed by atoms with E-state index in [-0.39, 0.29) is 23.6 Å². The Bertz CT molecular complexity index is 1240. The summed E-state index contributed by atoms with van der Waals surface area (Å²) in [6.07, 6.45) is 2.73. The van der Waals surface area contributed by atoms with Crippen LogP contribution in [0.25, 0.3) is 16.5 Å². The second-order valence-corrected chi connectivity index (χ2v) is 8.66. The quantitative estimate of drug-likeness (QED) is 0.456. The number of thiazole rings is 1. The highest BCUT2D eigenvalue weighted by molar-refractivity contribution is 7.17. The summed E-state index contributed by atoms with van der Waals surface area (Å²) in [5, 5.41) is 15.4. The number of halogens is 1. The Balaban J connectivity index is 1.53. The van der Waals surface area contributed by atoms with Gasteiger partial charge in [0.1, 0.15) is 5.82 Å². The number of methoxy groups -OCH3 is 1. The predicted molar refractivity (Wildman–Crippen MR) is 115 cm³/mol. The molecule has 10 heteroatoms. The third-order valence-corrected chi connectivity index (χ3v) is 6.89. The van der Waals surface area contributed by atoms with Crippen molar-refractivity contribution in [2.45, 2.75) is 18.9 Å². The lowest BCUT2D eigenvalue weighted by Gasteiger charge is -2.36. The van der Waals surface area contributed by atoms with Gasteiger partial charge in [-0.1, -0.05) is 29.5 Å². The van der Waals surface area contributed by atoms with Crippen LogP contribution in [0.4, 0.5) is 4.39 Å². The predicted octanol–water partition coefficient (Wildman–Crippen LogP) is 3.87. The summed E-state index contributed by atoms with van der Waals surface area (Å²) in [5.74, 6) is 0.0196. The monoisotopic (exact) mass is 456 g/mol. The maximum Gasteiger partial charge on any atom is 0.308 e. The van der Waals surface area contributed by atoms with Gasteiger partial charge >= 0.3 is 5.97 Å². The number of furan rings is 1. The number of piperidine rings is 1. The van der Waals surface area contributed by atoms with E-state index in [1.54, 1.807) is 30.3 Å². The number of ether oxygens (including phenoxy) is 1. The van der Waals surface area contributed by atoms with Crippen molar-refractivity contribution in [3.8, 4) is 17.5 Å². The highest BCUT2D eigenvalue weighted by Crippen LogP contribution is 2.42. The highest BCUT2D eigenvalue weighted by Gasteiger charge is 2.35. The van der Waals surface area contributed by atoms with Crippen molar-refractivity contribution in [1.82, 2.24) is 19.5 Å². The molecule has 1 atom stereocenters. The second-order valence-electron chi connectivity index (χ2n) is 7.65. The lowest BCUT2D eigenvalue weighted by atomic mass is 9.93. The zero-order valence-corrected chi connectivity index (χ0v) is 18.1. The van der Waals surface area contributed by atoms with Gasteiger partial charge in [0, 0.05) is 5.56 Å². The summed E-state index contributed by atoms with van der Waals surface area (Å²) < 4.78 is 26.5. The molecule has 0 spiro atoms. The van der Waals surface area contributed by atoms with Gasteiger partial charge in [-0.2, -0.15) is 9.50 Å². The van der Waals surface area contributed by atoms with Crippen LogP contribution in [0.2, 0.25) is 0 Å². The third-order valence-electron chi connectivity index (χ3n) is 5.82. The van der Waals surface area contributed by atoms with Gasteiger partial charge in [-0.25, -0.2) is 4.39 Å². The zero-order chi connectivity index (χ0) is 22.2. The molecule has 0 bridgehead atoms. The maximum atomic E-state index is 14.9. The van der Waals surface area contributed by atoms with E-state index in [2.05, 4.69) is 15.0 Å². The van der Waals surface area contributed by atoms with Crippen molar-refractivity contribution in [1.29, 1.82) is 0 Å². The molecule has 1 aliphatic heterocycles. The third kappa shape index (κ3) is 3.55. The Kier molecular flexibility index (Phi) is 5.40. The molecule has 0 unspecified atom stereocenters. The normalized spacial score (nSPS) is 16.4. The Hall–Kier alpha value is -3.24. The van der Waals surface area contributed by atoms with Crippen molar-refractivity contribution in [3.63, 3.8) is 0 Å². The minimum atomic E-state index is -0.532. The molecule has 1 aromatic carbocycles. The van der Waals surface area contributed by atoms with E-state index in [0.717, 1.165) is 0 Å². The SMILES string of the molecule is COC(=O)C1CCN([C@@H](c2ccccc2F)c2sc3nc(-c4ccco4)nn3c2O)CC1. The van der Waals surface area contributed by atoms with E-state index in [1.807, 2.05) is 0 Å². The molecule has 166 valence electrons. The minimum Gasteiger partial charge on any atom is -0.492 e. The molecule has 0 radical (unpaired) electrons. The molecule has 1 aliphatic rings. The van der Waals surface area contributed by atoms with Gasteiger partial charge in [-0.3, -0.25) is 9.69 Å². The van der Waals surface area contributed by atoms with Crippen LogP contribution in [0.3, 0.4) is 0 Å². The van der Waals surface area contributed by atoms with Gasteiger partial charge in [0.25, 0.3) is 0 Å². The number of carbonyl (C=O) groups is 1. The molecular weight excluding hydrogens is 435 g/mol. The molecule has 5 rings (SSSR count). The van der Waals surface area contributed by atoms with E-state index >= 15 is 0 Å². The molecule has 8 nitrogen and oxygen atoms in total. The summed E-state index contributed by atoms with van der Waals surface area (Å²) in [6, 6.07) is 9.48. The Morgan fingerprint density at radius 1 is 1.28 bits per heavy atom. The van der Waals surface area contributed by atoms with Crippen LogP contribution in [0.15, 0.2) is 47.1 Å². The van der Waals surface area contributed by atoms with Crippen LogP contribution >= 0.6 is 11.3 Å². The van der Waals surface area contributed by atoms with Gasteiger partial charge in [0.2, 0.25) is 16.7 Å². The first kappa shape index (κ1) is 20.7. The summed E-state index contributed by atoms with van der Waals surface area (Å²) in [6.45, 7) is 1.12. The standard InChI is InChI=1S/C22H21FN4O4S/c1-30-21(29)13-8-10-26(11-9-13)17(14-5-2-3-6-15(14)23)18-20(28)27-22(32-18)24-19(25-27)16-7-4-12-31-16/h2-7,12-13,17,28H,8-11H2,1H3/t17-/m0/s1. The van der Waals surface area contributed by atoms with Crippen molar-refractivity contribution in [2.24, 2.45) is 5.92 Å². The number of likely N-dealkylation sites (tertiary alicyclic amines) is 1. The number of hydrogen-bond donors (Lipinski definition) is 1. The van der Waals surface area contributed by atoms with Gasteiger partial charge in [0.05, 0.1) is 30.2 Å². The van der Waals surface area contributed by atoms with Crippen LogP contribution in [-0.2, 0) is 9.53 Å². The molecule has 0 saturated carbocycles. The summed E-state index contributed by atoms with van der Waals surface area (Å²) in [7, 11) is 1.39. The van der Waals surface area contributed by atoms with Crippen LogP contribution in [0.1, 0.15) is 29.3 Å². The first-order chi connectivity index (χ1) is 15.6. The lowest BCUT2D eigenvalue weighted by molar-refractivity contribution is -0.147.